The fourth-order valence-electron chi connectivity index (χ4n) is 1.57. The summed E-state index contributed by atoms with van der Waals surface area (Å²) < 4.78 is 1.17. The van der Waals surface area contributed by atoms with Gasteiger partial charge < -0.3 is 5.32 Å². The average molecular weight is 296 g/mol. The molecule has 0 bridgehead atoms. The second kappa shape index (κ2) is 5.13. The average Bonchev–Trinajstić information content (AvgIpc) is 2.71. The van der Waals surface area contributed by atoms with Crippen molar-refractivity contribution < 1.29 is 0 Å². The number of rotatable bonds is 3. The molecule has 0 fully saturated rings. The van der Waals surface area contributed by atoms with Crippen molar-refractivity contribution in [2.45, 2.75) is 13.5 Å². The Balaban J connectivity index is 2.31. The van der Waals surface area contributed by atoms with Crippen molar-refractivity contribution in [3.63, 3.8) is 0 Å². The predicted molar refractivity (Wildman–Crippen MR) is 75.0 cm³/mol. The van der Waals surface area contributed by atoms with Crippen molar-refractivity contribution in [2.75, 3.05) is 7.05 Å². The van der Waals surface area contributed by atoms with Crippen molar-refractivity contribution in [1.82, 2.24) is 5.32 Å². The molecule has 2 aromatic rings. The molecule has 1 aromatic heterocycles. The van der Waals surface area contributed by atoms with Gasteiger partial charge in [0, 0.05) is 15.9 Å². The van der Waals surface area contributed by atoms with Gasteiger partial charge in [-0.05, 0) is 48.2 Å². The van der Waals surface area contributed by atoms with E-state index in [-0.39, 0.29) is 0 Å². The van der Waals surface area contributed by atoms with Gasteiger partial charge in [0.05, 0.1) is 0 Å². The molecule has 16 heavy (non-hydrogen) atoms. The Morgan fingerprint density at radius 1 is 1.31 bits per heavy atom. The number of aryl methyl sites for hydroxylation is 1. The second-order valence-electron chi connectivity index (χ2n) is 3.81. The summed E-state index contributed by atoms with van der Waals surface area (Å²) in [5.74, 6) is 0. The monoisotopic (exact) mass is 295 g/mol. The quantitative estimate of drug-likeness (QED) is 0.895. The summed E-state index contributed by atoms with van der Waals surface area (Å²) in [6.45, 7) is 3.04. The number of nitrogens with one attached hydrogen (secondary N) is 1. The van der Waals surface area contributed by atoms with E-state index in [1.807, 2.05) is 7.05 Å². The van der Waals surface area contributed by atoms with Gasteiger partial charge in [-0.25, -0.2) is 0 Å². The molecule has 1 N–H and O–H groups in total. The maximum absolute atomic E-state index is 3.57. The molecule has 0 aliphatic carbocycles. The van der Waals surface area contributed by atoms with Gasteiger partial charge in [-0.15, -0.1) is 11.3 Å². The van der Waals surface area contributed by atoms with E-state index in [1.165, 1.54) is 26.0 Å². The molecule has 1 heterocycles. The summed E-state index contributed by atoms with van der Waals surface area (Å²) in [6, 6.07) is 8.76. The third-order valence-electron chi connectivity index (χ3n) is 2.49. The molecule has 0 aliphatic heterocycles. The zero-order valence-corrected chi connectivity index (χ0v) is 11.8. The van der Waals surface area contributed by atoms with E-state index in [0.717, 1.165) is 6.54 Å². The number of hydrogen-bond acceptors (Lipinski definition) is 2. The summed E-state index contributed by atoms with van der Waals surface area (Å²) in [7, 11) is 1.97. The normalized spacial score (nSPS) is 10.7. The minimum Gasteiger partial charge on any atom is -0.316 e. The number of halogens is 1. The minimum absolute atomic E-state index is 0.934. The van der Waals surface area contributed by atoms with E-state index in [9.17, 15) is 0 Å². The molecule has 0 aliphatic rings. The molecule has 0 saturated carbocycles. The number of benzene rings is 1. The first-order valence-corrected chi connectivity index (χ1v) is 6.86. The molecule has 0 unspecified atom stereocenters. The van der Waals surface area contributed by atoms with Gasteiger partial charge in [0.25, 0.3) is 0 Å². The molecule has 1 nitrogen and oxygen atoms in total. The Kier molecular flexibility index (Phi) is 3.79. The lowest BCUT2D eigenvalue weighted by Gasteiger charge is -2.01. The SMILES string of the molecule is CNCc1csc(-c2ccc(C)c(Br)c2)c1. The van der Waals surface area contributed by atoms with Crippen LogP contribution in [-0.2, 0) is 6.54 Å². The molecular weight excluding hydrogens is 282 g/mol. The molecule has 0 amide bonds. The van der Waals surface area contributed by atoms with Crippen LogP contribution in [-0.4, -0.2) is 7.05 Å². The lowest BCUT2D eigenvalue weighted by Crippen LogP contribution is -2.03. The summed E-state index contributed by atoms with van der Waals surface area (Å²) in [5, 5.41) is 5.37. The van der Waals surface area contributed by atoms with E-state index in [2.05, 4.69) is 57.8 Å². The van der Waals surface area contributed by atoms with Crippen LogP contribution in [0, 0.1) is 6.92 Å². The van der Waals surface area contributed by atoms with Crippen molar-refractivity contribution in [3.8, 4) is 10.4 Å². The maximum Gasteiger partial charge on any atom is 0.0346 e. The molecule has 0 atom stereocenters. The van der Waals surface area contributed by atoms with E-state index in [1.54, 1.807) is 11.3 Å². The van der Waals surface area contributed by atoms with Crippen LogP contribution in [0.25, 0.3) is 10.4 Å². The van der Waals surface area contributed by atoms with Gasteiger partial charge in [-0.2, -0.15) is 0 Å². The molecule has 1 aromatic carbocycles. The zero-order chi connectivity index (χ0) is 11.5. The Bertz CT molecular complexity index is 490. The van der Waals surface area contributed by atoms with Crippen LogP contribution in [0.2, 0.25) is 0 Å². The first-order valence-electron chi connectivity index (χ1n) is 5.19. The van der Waals surface area contributed by atoms with Gasteiger partial charge >= 0.3 is 0 Å². The third-order valence-corrected chi connectivity index (χ3v) is 4.37. The highest BCUT2D eigenvalue weighted by Gasteiger charge is 2.04. The lowest BCUT2D eigenvalue weighted by atomic mass is 10.1. The van der Waals surface area contributed by atoms with Gasteiger partial charge in [-0.3, -0.25) is 0 Å². The Labute approximate surface area is 109 Å². The smallest absolute Gasteiger partial charge is 0.0346 e. The van der Waals surface area contributed by atoms with Crippen LogP contribution < -0.4 is 5.32 Å². The largest absolute Gasteiger partial charge is 0.316 e. The van der Waals surface area contributed by atoms with Gasteiger partial charge in [0.1, 0.15) is 0 Å². The highest BCUT2D eigenvalue weighted by Crippen LogP contribution is 2.30. The van der Waals surface area contributed by atoms with Crippen molar-refractivity contribution in [3.05, 3.63) is 45.2 Å². The van der Waals surface area contributed by atoms with Crippen LogP contribution in [0.4, 0.5) is 0 Å². The second-order valence-corrected chi connectivity index (χ2v) is 5.58. The van der Waals surface area contributed by atoms with Gasteiger partial charge in [0.2, 0.25) is 0 Å². The van der Waals surface area contributed by atoms with E-state index in [0.29, 0.717) is 0 Å². The highest BCUT2D eigenvalue weighted by molar-refractivity contribution is 9.10. The summed E-state index contributed by atoms with van der Waals surface area (Å²) in [5.41, 5.74) is 3.90. The summed E-state index contributed by atoms with van der Waals surface area (Å²) in [6.07, 6.45) is 0. The Hall–Kier alpha value is -0.640. The van der Waals surface area contributed by atoms with Gasteiger partial charge in [-0.1, -0.05) is 28.1 Å². The van der Waals surface area contributed by atoms with Gasteiger partial charge in [0.15, 0.2) is 0 Å². The fraction of sp³-hybridized carbons (Fsp3) is 0.231. The minimum atomic E-state index is 0.934. The van der Waals surface area contributed by atoms with Crippen molar-refractivity contribution in [1.29, 1.82) is 0 Å². The molecule has 0 saturated heterocycles. The van der Waals surface area contributed by atoms with Crippen molar-refractivity contribution in [2.24, 2.45) is 0 Å². The Morgan fingerprint density at radius 3 is 2.81 bits per heavy atom. The fourth-order valence-corrected chi connectivity index (χ4v) is 2.86. The molecule has 0 radical (unpaired) electrons. The lowest BCUT2D eigenvalue weighted by molar-refractivity contribution is 0.821. The van der Waals surface area contributed by atoms with Crippen LogP contribution >= 0.6 is 27.3 Å². The zero-order valence-electron chi connectivity index (χ0n) is 9.38. The third kappa shape index (κ3) is 2.54. The van der Waals surface area contributed by atoms with Crippen LogP contribution in [0.5, 0.6) is 0 Å². The maximum atomic E-state index is 3.57. The molecule has 84 valence electrons. The Morgan fingerprint density at radius 2 is 2.12 bits per heavy atom. The van der Waals surface area contributed by atoms with Crippen LogP contribution in [0.3, 0.4) is 0 Å². The molecule has 3 heteroatoms. The topological polar surface area (TPSA) is 12.0 Å². The predicted octanol–water partition coefficient (Wildman–Crippen LogP) is 4.21. The number of thiophene rings is 1. The van der Waals surface area contributed by atoms with E-state index in [4.69, 9.17) is 0 Å². The molecular formula is C13H14BrNS. The summed E-state index contributed by atoms with van der Waals surface area (Å²) >= 11 is 5.37. The van der Waals surface area contributed by atoms with E-state index >= 15 is 0 Å². The first-order chi connectivity index (χ1) is 7.70. The molecule has 2 rings (SSSR count). The summed E-state index contributed by atoms with van der Waals surface area (Å²) in [4.78, 5) is 1.32. The first kappa shape index (κ1) is 11.8. The van der Waals surface area contributed by atoms with E-state index < -0.39 is 0 Å². The van der Waals surface area contributed by atoms with Crippen LogP contribution in [0.1, 0.15) is 11.1 Å². The van der Waals surface area contributed by atoms with Crippen LogP contribution in [0.15, 0.2) is 34.1 Å². The molecule has 0 spiro atoms. The van der Waals surface area contributed by atoms with Crippen molar-refractivity contribution >= 4 is 27.3 Å². The number of hydrogen-bond donors (Lipinski definition) is 1. The highest BCUT2D eigenvalue weighted by atomic mass is 79.9. The standard InChI is InChI=1S/C13H14BrNS/c1-9-3-4-11(6-12(9)14)13-5-10(7-15-2)8-16-13/h3-6,8,15H,7H2,1-2H3.